The first-order chi connectivity index (χ1) is 12.0. The number of nitrogens with zero attached hydrogens (tertiary/aromatic N) is 1. The highest BCUT2D eigenvalue weighted by molar-refractivity contribution is 9.10. The highest BCUT2D eigenvalue weighted by atomic mass is 79.9. The maximum Gasteiger partial charge on any atom is 0.414 e. The number of amides is 1. The van der Waals surface area contributed by atoms with Gasteiger partial charge in [-0.2, -0.15) is 0 Å². The topological polar surface area (TPSA) is 29.5 Å². The highest BCUT2D eigenvalue weighted by Gasteiger charge is 2.34. The summed E-state index contributed by atoms with van der Waals surface area (Å²) in [5, 5.41) is 0. The summed E-state index contributed by atoms with van der Waals surface area (Å²) in [7, 11) is 0. The molecule has 1 unspecified atom stereocenters. The molecule has 1 aliphatic heterocycles. The van der Waals surface area contributed by atoms with Gasteiger partial charge >= 0.3 is 6.09 Å². The van der Waals surface area contributed by atoms with Crippen molar-refractivity contribution in [1.82, 2.24) is 0 Å². The van der Waals surface area contributed by atoms with E-state index in [0.717, 1.165) is 24.0 Å². The third-order valence-corrected chi connectivity index (χ3v) is 5.20. The molecular weight excluding hydrogens is 385 g/mol. The number of halogens is 2. The Morgan fingerprint density at radius 2 is 2.04 bits per heavy atom. The molecule has 1 aliphatic rings. The van der Waals surface area contributed by atoms with E-state index in [9.17, 15) is 9.18 Å². The first-order valence-electron chi connectivity index (χ1n) is 8.45. The number of carbonyl (C=O) groups excluding carboxylic acids is 1. The van der Waals surface area contributed by atoms with E-state index in [0.29, 0.717) is 10.2 Å². The smallest absolute Gasteiger partial charge is 0.414 e. The molecule has 0 spiro atoms. The SMILES string of the molecule is CC(C)C1CCc2cc(Br)c(F)cc2N1C(=O)OCc1ccccc1. The quantitative estimate of drug-likeness (QED) is 0.654. The van der Waals surface area contributed by atoms with Gasteiger partial charge in [0.05, 0.1) is 10.2 Å². The second kappa shape index (κ2) is 7.56. The van der Waals surface area contributed by atoms with Crippen LogP contribution in [0.5, 0.6) is 0 Å². The molecule has 0 radical (unpaired) electrons. The van der Waals surface area contributed by atoms with Gasteiger partial charge in [-0.15, -0.1) is 0 Å². The van der Waals surface area contributed by atoms with Gasteiger partial charge in [0.15, 0.2) is 0 Å². The summed E-state index contributed by atoms with van der Waals surface area (Å²) in [6.45, 7) is 4.35. The van der Waals surface area contributed by atoms with E-state index in [2.05, 4.69) is 29.8 Å². The maximum atomic E-state index is 14.1. The van der Waals surface area contributed by atoms with Gasteiger partial charge < -0.3 is 4.74 Å². The fourth-order valence-electron chi connectivity index (χ4n) is 3.27. The monoisotopic (exact) mass is 405 g/mol. The van der Waals surface area contributed by atoms with E-state index in [1.807, 2.05) is 30.3 Å². The van der Waals surface area contributed by atoms with Crippen molar-refractivity contribution in [3.8, 4) is 0 Å². The summed E-state index contributed by atoms with van der Waals surface area (Å²) < 4.78 is 20.0. The van der Waals surface area contributed by atoms with E-state index >= 15 is 0 Å². The van der Waals surface area contributed by atoms with Crippen molar-refractivity contribution in [2.75, 3.05) is 4.90 Å². The summed E-state index contributed by atoms with van der Waals surface area (Å²) >= 11 is 3.23. The lowest BCUT2D eigenvalue weighted by Gasteiger charge is -2.38. The van der Waals surface area contributed by atoms with Crippen molar-refractivity contribution >= 4 is 27.7 Å². The van der Waals surface area contributed by atoms with Crippen molar-refractivity contribution in [3.05, 3.63) is 63.9 Å². The van der Waals surface area contributed by atoms with Crippen LogP contribution in [0.25, 0.3) is 0 Å². The molecule has 0 aromatic heterocycles. The lowest BCUT2D eigenvalue weighted by atomic mass is 9.89. The first kappa shape index (κ1) is 17.9. The standard InChI is InChI=1S/C20H21BrFNO2/c1-13(2)18-9-8-15-10-16(21)17(22)11-19(15)23(18)20(24)25-12-14-6-4-3-5-7-14/h3-7,10-11,13,18H,8-9,12H2,1-2H3. The average Bonchev–Trinajstić information content (AvgIpc) is 2.60. The van der Waals surface area contributed by atoms with Crippen LogP contribution in [-0.4, -0.2) is 12.1 Å². The van der Waals surface area contributed by atoms with Crippen LogP contribution in [0, 0.1) is 11.7 Å². The summed E-state index contributed by atoms with van der Waals surface area (Å²) in [6.07, 6.45) is 1.23. The zero-order valence-electron chi connectivity index (χ0n) is 14.3. The number of fused-ring (bicyclic) bond motifs is 1. The van der Waals surface area contributed by atoms with E-state index in [1.54, 1.807) is 11.0 Å². The molecule has 132 valence electrons. The molecule has 0 N–H and O–H groups in total. The number of anilines is 1. The van der Waals surface area contributed by atoms with Gasteiger partial charge in [0, 0.05) is 6.04 Å². The Labute approximate surface area is 155 Å². The minimum Gasteiger partial charge on any atom is -0.444 e. The zero-order chi connectivity index (χ0) is 18.0. The Bertz CT molecular complexity index is 764. The minimum absolute atomic E-state index is 0.00338. The molecule has 0 saturated carbocycles. The lowest BCUT2D eigenvalue weighted by molar-refractivity contribution is 0.141. The Morgan fingerprint density at radius 1 is 1.32 bits per heavy atom. The molecule has 0 aliphatic carbocycles. The molecule has 25 heavy (non-hydrogen) atoms. The fraction of sp³-hybridized carbons (Fsp3) is 0.350. The van der Waals surface area contributed by atoms with E-state index in [4.69, 9.17) is 4.74 Å². The van der Waals surface area contributed by atoms with Gasteiger partial charge in [0.25, 0.3) is 0 Å². The number of carbonyl (C=O) groups is 1. The average molecular weight is 406 g/mol. The molecule has 1 atom stereocenters. The summed E-state index contributed by atoms with van der Waals surface area (Å²) in [5.41, 5.74) is 2.50. The minimum atomic E-state index is -0.426. The van der Waals surface area contributed by atoms with Gasteiger partial charge in [-0.25, -0.2) is 9.18 Å². The molecule has 0 bridgehead atoms. The molecule has 2 aromatic rings. The number of hydrogen-bond donors (Lipinski definition) is 0. The summed E-state index contributed by atoms with van der Waals surface area (Å²) in [5.74, 6) is -0.117. The van der Waals surface area contributed by atoms with E-state index in [-0.39, 0.29) is 24.4 Å². The predicted molar refractivity (Wildman–Crippen MR) is 100 cm³/mol. The van der Waals surface area contributed by atoms with Gasteiger partial charge in [-0.05, 0) is 57.9 Å². The molecule has 3 nitrogen and oxygen atoms in total. The molecule has 2 aromatic carbocycles. The third kappa shape index (κ3) is 3.87. The number of ether oxygens (including phenoxy) is 1. The van der Waals surface area contributed by atoms with Gasteiger partial charge in [0.1, 0.15) is 12.4 Å². The lowest BCUT2D eigenvalue weighted by Crippen LogP contribution is -2.46. The molecule has 5 heteroatoms. The zero-order valence-corrected chi connectivity index (χ0v) is 15.9. The van der Waals surface area contributed by atoms with Crippen LogP contribution in [0.1, 0.15) is 31.4 Å². The molecule has 1 amide bonds. The van der Waals surface area contributed by atoms with Crippen molar-refractivity contribution in [2.24, 2.45) is 5.92 Å². The van der Waals surface area contributed by atoms with Crippen LogP contribution in [0.2, 0.25) is 0 Å². The van der Waals surface area contributed by atoms with Gasteiger partial charge in [0.2, 0.25) is 0 Å². The van der Waals surface area contributed by atoms with Crippen LogP contribution >= 0.6 is 15.9 Å². The molecular formula is C20H21BrFNO2. The third-order valence-electron chi connectivity index (χ3n) is 4.59. The maximum absolute atomic E-state index is 14.1. The number of rotatable bonds is 3. The summed E-state index contributed by atoms with van der Waals surface area (Å²) in [6, 6.07) is 12.7. The van der Waals surface area contributed by atoms with Crippen LogP contribution in [-0.2, 0) is 17.8 Å². The Morgan fingerprint density at radius 3 is 2.72 bits per heavy atom. The van der Waals surface area contributed by atoms with Crippen molar-refractivity contribution in [1.29, 1.82) is 0 Å². The van der Waals surface area contributed by atoms with Crippen LogP contribution in [0.4, 0.5) is 14.9 Å². The Hall–Kier alpha value is -1.88. The molecule has 3 rings (SSSR count). The first-order valence-corrected chi connectivity index (χ1v) is 9.24. The second-order valence-electron chi connectivity index (χ2n) is 6.66. The molecule has 0 fully saturated rings. The Balaban J connectivity index is 1.88. The van der Waals surface area contributed by atoms with Crippen molar-refractivity contribution in [2.45, 2.75) is 39.3 Å². The van der Waals surface area contributed by atoms with Crippen molar-refractivity contribution < 1.29 is 13.9 Å². The largest absolute Gasteiger partial charge is 0.444 e. The van der Waals surface area contributed by atoms with E-state index < -0.39 is 6.09 Å². The van der Waals surface area contributed by atoms with Crippen LogP contribution in [0.15, 0.2) is 46.9 Å². The fourth-order valence-corrected chi connectivity index (χ4v) is 3.66. The number of hydrogen-bond acceptors (Lipinski definition) is 2. The van der Waals surface area contributed by atoms with Gasteiger partial charge in [-0.1, -0.05) is 44.2 Å². The Kier molecular flexibility index (Phi) is 5.42. The van der Waals surface area contributed by atoms with Crippen molar-refractivity contribution in [3.63, 3.8) is 0 Å². The van der Waals surface area contributed by atoms with Crippen LogP contribution < -0.4 is 4.90 Å². The normalized spacial score (nSPS) is 16.7. The number of benzene rings is 2. The molecule has 1 heterocycles. The summed E-state index contributed by atoms with van der Waals surface area (Å²) in [4.78, 5) is 14.4. The number of aryl methyl sites for hydroxylation is 1. The van der Waals surface area contributed by atoms with Gasteiger partial charge in [-0.3, -0.25) is 4.90 Å². The van der Waals surface area contributed by atoms with Crippen LogP contribution in [0.3, 0.4) is 0 Å². The molecule has 0 saturated heterocycles. The highest BCUT2D eigenvalue weighted by Crippen LogP contribution is 2.37. The predicted octanol–water partition coefficient (Wildman–Crippen LogP) is 5.70. The van der Waals surface area contributed by atoms with E-state index in [1.165, 1.54) is 6.07 Å². The second-order valence-corrected chi connectivity index (χ2v) is 7.51.